The Hall–Kier alpha value is -2.58. The summed E-state index contributed by atoms with van der Waals surface area (Å²) in [5.41, 5.74) is 4.82. The number of ether oxygens (including phenoxy) is 2. The molecule has 0 saturated carbocycles. The Morgan fingerprint density at radius 1 is 1.14 bits per heavy atom. The minimum absolute atomic E-state index is 0.317. The molecule has 0 bridgehead atoms. The maximum Gasteiger partial charge on any atom is 0.271 e. The smallest absolute Gasteiger partial charge is 0.271 e. The molecule has 0 aromatic heterocycles. The maximum atomic E-state index is 12.1. The van der Waals surface area contributed by atoms with Gasteiger partial charge in [-0.2, -0.15) is 5.10 Å². The highest BCUT2D eigenvalue weighted by molar-refractivity contribution is 14.1. The van der Waals surface area contributed by atoms with Crippen molar-refractivity contribution in [2.75, 3.05) is 7.11 Å². The number of carbonyl (C=O) groups excluding carboxylic acids is 1. The van der Waals surface area contributed by atoms with Crippen molar-refractivity contribution >= 4 is 46.3 Å². The molecule has 0 aliphatic heterocycles. The zero-order valence-corrected chi connectivity index (χ0v) is 18.5. The van der Waals surface area contributed by atoms with Gasteiger partial charge in [-0.1, -0.05) is 41.9 Å². The highest BCUT2D eigenvalue weighted by atomic mass is 127. The van der Waals surface area contributed by atoms with Crippen LogP contribution in [-0.2, 0) is 6.61 Å². The Labute approximate surface area is 187 Å². The first-order valence-electron chi connectivity index (χ1n) is 8.70. The van der Waals surface area contributed by atoms with Gasteiger partial charge in [-0.25, -0.2) is 5.43 Å². The van der Waals surface area contributed by atoms with Crippen molar-refractivity contribution in [1.82, 2.24) is 5.43 Å². The van der Waals surface area contributed by atoms with Crippen molar-refractivity contribution < 1.29 is 14.3 Å². The first-order valence-corrected chi connectivity index (χ1v) is 10.2. The van der Waals surface area contributed by atoms with Crippen LogP contribution in [0.2, 0.25) is 5.02 Å². The minimum Gasteiger partial charge on any atom is -0.493 e. The second-order valence-corrected chi connectivity index (χ2v) is 7.61. The van der Waals surface area contributed by atoms with Crippen LogP contribution in [0.3, 0.4) is 0 Å². The number of nitrogens with one attached hydrogen (secondary N) is 1. The monoisotopic (exact) mass is 520 g/mol. The largest absolute Gasteiger partial charge is 0.493 e. The number of hydrogen-bond acceptors (Lipinski definition) is 4. The third-order valence-corrected chi connectivity index (χ3v) is 5.02. The Balaban J connectivity index is 1.68. The molecule has 5 nitrogen and oxygen atoms in total. The standard InChI is InChI=1S/C22H18ClIN2O3/c1-28-20-12-16(13-25-26-22(27)17-7-9-18(23)10-8-17)11-19(24)21(20)29-14-15-5-3-2-4-6-15/h2-13H,14H2,1H3,(H,26,27)/b25-13-. The van der Waals surface area contributed by atoms with Gasteiger partial charge < -0.3 is 9.47 Å². The Morgan fingerprint density at radius 3 is 2.55 bits per heavy atom. The molecule has 0 atom stereocenters. The molecule has 3 aromatic carbocycles. The molecular formula is C22H18ClIN2O3. The van der Waals surface area contributed by atoms with Gasteiger partial charge in [-0.3, -0.25) is 4.79 Å². The van der Waals surface area contributed by atoms with E-state index in [0.29, 0.717) is 28.7 Å². The van der Waals surface area contributed by atoms with Crippen LogP contribution in [0.4, 0.5) is 0 Å². The predicted molar refractivity (Wildman–Crippen MR) is 123 cm³/mol. The summed E-state index contributed by atoms with van der Waals surface area (Å²) >= 11 is 8.02. The van der Waals surface area contributed by atoms with Crippen LogP contribution in [0, 0.1) is 3.57 Å². The Morgan fingerprint density at radius 2 is 1.86 bits per heavy atom. The fourth-order valence-corrected chi connectivity index (χ4v) is 3.42. The number of rotatable bonds is 7. The molecule has 0 aliphatic rings. The van der Waals surface area contributed by atoms with E-state index >= 15 is 0 Å². The SMILES string of the molecule is COc1cc(/C=N\NC(=O)c2ccc(Cl)cc2)cc(I)c1OCc1ccccc1. The van der Waals surface area contributed by atoms with E-state index in [9.17, 15) is 4.79 Å². The van der Waals surface area contributed by atoms with Gasteiger partial charge >= 0.3 is 0 Å². The number of carbonyl (C=O) groups is 1. The van der Waals surface area contributed by atoms with E-state index < -0.39 is 0 Å². The molecule has 1 amide bonds. The Bertz CT molecular complexity index is 1010. The predicted octanol–water partition coefficient (Wildman–Crippen LogP) is 5.30. The van der Waals surface area contributed by atoms with Gasteiger partial charge in [0.15, 0.2) is 11.5 Å². The number of hydrogen-bond donors (Lipinski definition) is 1. The van der Waals surface area contributed by atoms with Gasteiger partial charge in [-0.05, 0) is 70.1 Å². The molecule has 0 spiro atoms. The summed E-state index contributed by atoms with van der Waals surface area (Å²) in [5.74, 6) is 0.944. The van der Waals surface area contributed by atoms with Crippen molar-refractivity contribution in [2.45, 2.75) is 6.61 Å². The quantitative estimate of drug-likeness (QED) is 0.261. The fourth-order valence-electron chi connectivity index (χ4n) is 2.52. The van der Waals surface area contributed by atoms with Gasteiger partial charge in [-0.15, -0.1) is 0 Å². The van der Waals surface area contributed by atoms with Gasteiger partial charge in [0, 0.05) is 10.6 Å². The van der Waals surface area contributed by atoms with E-state index in [4.69, 9.17) is 21.1 Å². The number of amides is 1. The van der Waals surface area contributed by atoms with Crippen LogP contribution < -0.4 is 14.9 Å². The van der Waals surface area contributed by atoms with E-state index in [1.165, 1.54) is 0 Å². The maximum absolute atomic E-state index is 12.1. The van der Waals surface area contributed by atoms with Crippen molar-refractivity contribution in [3.63, 3.8) is 0 Å². The molecule has 0 saturated heterocycles. The summed E-state index contributed by atoms with van der Waals surface area (Å²) < 4.78 is 12.3. The van der Waals surface area contributed by atoms with Crippen LogP contribution in [0.15, 0.2) is 71.8 Å². The molecule has 0 unspecified atom stereocenters. The molecule has 3 rings (SSSR count). The fraction of sp³-hybridized carbons (Fsp3) is 0.0909. The summed E-state index contributed by atoms with van der Waals surface area (Å²) in [6.07, 6.45) is 1.56. The third-order valence-electron chi connectivity index (χ3n) is 3.96. The van der Waals surface area contributed by atoms with Crippen molar-refractivity contribution in [3.05, 3.63) is 92.0 Å². The number of nitrogens with zero attached hydrogens (tertiary/aromatic N) is 1. The lowest BCUT2D eigenvalue weighted by Crippen LogP contribution is -2.17. The van der Waals surface area contributed by atoms with Gasteiger partial charge in [0.2, 0.25) is 0 Å². The molecule has 29 heavy (non-hydrogen) atoms. The summed E-state index contributed by atoms with van der Waals surface area (Å²) in [6, 6.07) is 20.2. The second-order valence-electron chi connectivity index (χ2n) is 6.01. The molecular weight excluding hydrogens is 503 g/mol. The van der Waals surface area contributed by atoms with Gasteiger partial charge in [0.1, 0.15) is 6.61 Å². The molecule has 3 aromatic rings. The summed E-state index contributed by atoms with van der Waals surface area (Å²) in [5, 5.41) is 4.59. The van der Waals surface area contributed by atoms with Crippen LogP contribution in [-0.4, -0.2) is 19.2 Å². The van der Waals surface area contributed by atoms with Gasteiger partial charge in [0.25, 0.3) is 5.91 Å². The van der Waals surface area contributed by atoms with Crippen LogP contribution in [0.1, 0.15) is 21.5 Å². The van der Waals surface area contributed by atoms with Crippen molar-refractivity contribution in [1.29, 1.82) is 0 Å². The number of hydrazone groups is 1. The van der Waals surface area contributed by atoms with E-state index in [2.05, 4.69) is 33.1 Å². The summed E-state index contributed by atoms with van der Waals surface area (Å²) in [6.45, 7) is 0.442. The zero-order chi connectivity index (χ0) is 20.6. The molecule has 0 radical (unpaired) electrons. The molecule has 0 fully saturated rings. The summed E-state index contributed by atoms with van der Waals surface area (Å²) in [7, 11) is 1.59. The van der Waals surface area contributed by atoms with E-state index in [0.717, 1.165) is 14.7 Å². The van der Waals surface area contributed by atoms with Crippen LogP contribution >= 0.6 is 34.2 Å². The van der Waals surface area contributed by atoms with Crippen molar-refractivity contribution in [3.8, 4) is 11.5 Å². The second kappa shape index (κ2) is 10.3. The topological polar surface area (TPSA) is 59.9 Å². The average Bonchev–Trinajstić information content (AvgIpc) is 2.73. The first-order chi connectivity index (χ1) is 14.1. The van der Waals surface area contributed by atoms with Crippen molar-refractivity contribution in [2.24, 2.45) is 5.10 Å². The van der Waals surface area contributed by atoms with E-state index in [1.807, 2.05) is 36.4 Å². The van der Waals surface area contributed by atoms with E-state index in [-0.39, 0.29) is 5.91 Å². The minimum atomic E-state index is -0.317. The number of methoxy groups -OCH3 is 1. The average molecular weight is 521 g/mol. The molecule has 1 N–H and O–H groups in total. The molecule has 0 aliphatic carbocycles. The van der Waals surface area contributed by atoms with E-state index in [1.54, 1.807) is 43.7 Å². The molecule has 7 heteroatoms. The lowest BCUT2D eigenvalue weighted by molar-refractivity contribution is 0.0955. The number of benzene rings is 3. The highest BCUT2D eigenvalue weighted by Crippen LogP contribution is 2.34. The highest BCUT2D eigenvalue weighted by Gasteiger charge is 2.11. The lowest BCUT2D eigenvalue weighted by Gasteiger charge is -2.13. The third kappa shape index (κ3) is 5.95. The molecule has 0 heterocycles. The van der Waals surface area contributed by atoms with Crippen LogP contribution in [0.5, 0.6) is 11.5 Å². The lowest BCUT2D eigenvalue weighted by atomic mass is 10.2. The van der Waals surface area contributed by atoms with Gasteiger partial charge in [0.05, 0.1) is 16.9 Å². The molecule has 148 valence electrons. The zero-order valence-electron chi connectivity index (χ0n) is 15.6. The Kier molecular flexibility index (Phi) is 7.48. The summed E-state index contributed by atoms with van der Waals surface area (Å²) in [4.78, 5) is 12.1. The first kappa shape index (κ1) is 21.1. The normalized spacial score (nSPS) is 10.7. The number of halogens is 2. The van der Waals surface area contributed by atoms with Crippen LogP contribution in [0.25, 0.3) is 0 Å².